The Hall–Kier alpha value is -1.59. The fourth-order valence-corrected chi connectivity index (χ4v) is 3.00. The summed E-state index contributed by atoms with van der Waals surface area (Å²) in [4.78, 5) is 10.3. The zero-order valence-electron chi connectivity index (χ0n) is 11.7. The summed E-state index contributed by atoms with van der Waals surface area (Å²) in [6, 6.07) is 5.99. The molecule has 0 saturated carbocycles. The predicted molar refractivity (Wildman–Crippen MR) is 80.3 cm³/mol. The number of hydrogen-bond donors (Lipinski definition) is 3. The molecule has 0 bridgehead atoms. The lowest BCUT2D eigenvalue weighted by atomic mass is 10.1. The van der Waals surface area contributed by atoms with Crippen LogP contribution in [-0.2, 0) is 6.54 Å². The molecule has 1 fully saturated rings. The zero-order valence-corrected chi connectivity index (χ0v) is 11.7. The Morgan fingerprint density at radius 3 is 3.10 bits per heavy atom. The van der Waals surface area contributed by atoms with Crippen molar-refractivity contribution < 1.29 is 5.11 Å². The molecule has 20 heavy (non-hydrogen) atoms. The van der Waals surface area contributed by atoms with Crippen molar-refractivity contribution in [3.8, 4) is 0 Å². The molecular formula is C15H22N4O. The van der Waals surface area contributed by atoms with Crippen LogP contribution in [0, 0.1) is 0 Å². The minimum absolute atomic E-state index is 0.229. The van der Waals surface area contributed by atoms with E-state index in [0.717, 1.165) is 42.1 Å². The number of anilines is 1. The molecule has 108 valence electrons. The minimum Gasteiger partial charge on any atom is -0.399 e. The van der Waals surface area contributed by atoms with Gasteiger partial charge >= 0.3 is 0 Å². The van der Waals surface area contributed by atoms with Crippen LogP contribution in [0.3, 0.4) is 0 Å². The summed E-state index contributed by atoms with van der Waals surface area (Å²) in [5.41, 5.74) is 8.47. The van der Waals surface area contributed by atoms with Crippen molar-refractivity contribution in [2.45, 2.75) is 38.3 Å². The molecule has 1 aliphatic heterocycles. The highest BCUT2D eigenvalue weighted by atomic mass is 16.3. The second-order valence-electron chi connectivity index (χ2n) is 5.62. The molecule has 1 saturated heterocycles. The normalized spacial score (nSPS) is 21.1. The van der Waals surface area contributed by atoms with E-state index >= 15 is 0 Å². The maximum Gasteiger partial charge on any atom is 0.121 e. The van der Waals surface area contributed by atoms with Gasteiger partial charge < -0.3 is 15.8 Å². The molecule has 1 aromatic carbocycles. The van der Waals surface area contributed by atoms with E-state index < -0.39 is 0 Å². The molecule has 0 radical (unpaired) electrons. The number of aromatic nitrogens is 2. The Labute approximate surface area is 118 Å². The lowest BCUT2D eigenvalue weighted by Gasteiger charge is -2.27. The molecule has 5 heteroatoms. The number of benzene rings is 1. The van der Waals surface area contributed by atoms with Crippen molar-refractivity contribution >= 4 is 16.7 Å². The number of aliphatic hydroxyl groups excluding tert-OH is 1. The van der Waals surface area contributed by atoms with E-state index in [9.17, 15) is 5.11 Å². The van der Waals surface area contributed by atoms with Crippen molar-refractivity contribution in [2.75, 3.05) is 18.9 Å². The Balaban J connectivity index is 1.80. The predicted octanol–water partition coefficient (Wildman–Crippen LogP) is 1.88. The molecular weight excluding hydrogens is 252 g/mol. The first kappa shape index (κ1) is 13.4. The molecule has 2 aromatic rings. The van der Waals surface area contributed by atoms with Gasteiger partial charge in [-0.2, -0.15) is 0 Å². The average Bonchev–Trinajstić information content (AvgIpc) is 2.68. The first-order chi connectivity index (χ1) is 9.76. The van der Waals surface area contributed by atoms with Gasteiger partial charge in [-0.3, -0.25) is 4.90 Å². The summed E-state index contributed by atoms with van der Waals surface area (Å²) in [5.74, 6) is 0.950. The average molecular weight is 274 g/mol. The molecule has 4 N–H and O–H groups in total. The van der Waals surface area contributed by atoms with Crippen LogP contribution in [0.15, 0.2) is 18.2 Å². The molecule has 1 aromatic heterocycles. The van der Waals surface area contributed by atoms with Crippen LogP contribution in [-0.4, -0.2) is 39.2 Å². The number of nitrogens with one attached hydrogen (secondary N) is 1. The van der Waals surface area contributed by atoms with Crippen LogP contribution in [0.5, 0.6) is 0 Å². The molecule has 0 aliphatic carbocycles. The Kier molecular flexibility index (Phi) is 3.89. The van der Waals surface area contributed by atoms with Crippen LogP contribution in [0.1, 0.15) is 31.5 Å². The monoisotopic (exact) mass is 274 g/mol. The number of fused-ring (bicyclic) bond motifs is 1. The first-order valence-electron chi connectivity index (χ1n) is 7.35. The van der Waals surface area contributed by atoms with E-state index in [4.69, 9.17) is 5.73 Å². The minimum atomic E-state index is 0.229. The van der Waals surface area contributed by atoms with E-state index in [2.05, 4.69) is 14.9 Å². The standard InChI is InChI=1S/C15H22N4O/c16-11-5-6-13-14(8-11)18-15(17-13)9-19-7-3-1-2-4-12(19)10-20/h5-6,8,12,20H,1-4,7,9-10,16H2,(H,17,18). The van der Waals surface area contributed by atoms with Crippen LogP contribution < -0.4 is 5.73 Å². The van der Waals surface area contributed by atoms with Gasteiger partial charge in [0.25, 0.3) is 0 Å². The number of H-pyrrole nitrogens is 1. The zero-order chi connectivity index (χ0) is 13.9. The lowest BCUT2D eigenvalue weighted by Crippen LogP contribution is -2.37. The fraction of sp³-hybridized carbons (Fsp3) is 0.533. The highest BCUT2D eigenvalue weighted by Gasteiger charge is 2.21. The highest BCUT2D eigenvalue weighted by molar-refractivity contribution is 5.78. The van der Waals surface area contributed by atoms with Gasteiger partial charge in [0.1, 0.15) is 5.82 Å². The lowest BCUT2D eigenvalue weighted by molar-refractivity contribution is 0.116. The van der Waals surface area contributed by atoms with Crippen LogP contribution in [0.25, 0.3) is 11.0 Å². The third-order valence-corrected chi connectivity index (χ3v) is 4.12. The third kappa shape index (κ3) is 2.78. The topological polar surface area (TPSA) is 78.2 Å². The van der Waals surface area contributed by atoms with Crippen molar-refractivity contribution in [1.29, 1.82) is 0 Å². The van der Waals surface area contributed by atoms with E-state index in [-0.39, 0.29) is 12.6 Å². The van der Waals surface area contributed by atoms with E-state index in [0.29, 0.717) is 0 Å². The summed E-state index contributed by atoms with van der Waals surface area (Å²) >= 11 is 0. The molecule has 0 amide bonds. The highest BCUT2D eigenvalue weighted by Crippen LogP contribution is 2.20. The number of likely N-dealkylation sites (tertiary alicyclic amines) is 1. The molecule has 3 rings (SSSR count). The molecule has 1 unspecified atom stereocenters. The quantitative estimate of drug-likeness (QED) is 0.747. The van der Waals surface area contributed by atoms with Gasteiger partial charge in [0.15, 0.2) is 0 Å². The Morgan fingerprint density at radius 2 is 2.25 bits per heavy atom. The maximum absolute atomic E-state index is 9.55. The fourth-order valence-electron chi connectivity index (χ4n) is 3.00. The second-order valence-corrected chi connectivity index (χ2v) is 5.62. The second kappa shape index (κ2) is 5.81. The van der Waals surface area contributed by atoms with Gasteiger partial charge in [0.05, 0.1) is 24.2 Å². The number of aliphatic hydroxyl groups is 1. The van der Waals surface area contributed by atoms with Crippen LogP contribution in [0.4, 0.5) is 5.69 Å². The van der Waals surface area contributed by atoms with Crippen molar-refractivity contribution in [3.63, 3.8) is 0 Å². The van der Waals surface area contributed by atoms with E-state index in [1.54, 1.807) is 0 Å². The summed E-state index contributed by atoms with van der Waals surface area (Å²) in [6.07, 6.45) is 4.73. The van der Waals surface area contributed by atoms with Gasteiger partial charge in [-0.1, -0.05) is 12.8 Å². The van der Waals surface area contributed by atoms with Gasteiger partial charge in [-0.05, 0) is 37.6 Å². The summed E-state index contributed by atoms with van der Waals surface area (Å²) in [6.45, 7) is 2.03. The Morgan fingerprint density at radius 1 is 1.35 bits per heavy atom. The van der Waals surface area contributed by atoms with E-state index in [1.807, 2.05) is 18.2 Å². The van der Waals surface area contributed by atoms with Crippen LogP contribution in [0.2, 0.25) is 0 Å². The smallest absolute Gasteiger partial charge is 0.121 e. The van der Waals surface area contributed by atoms with Crippen molar-refractivity contribution in [1.82, 2.24) is 14.9 Å². The summed E-state index contributed by atoms with van der Waals surface area (Å²) < 4.78 is 0. The van der Waals surface area contributed by atoms with Gasteiger partial charge in [-0.15, -0.1) is 0 Å². The molecule has 2 heterocycles. The molecule has 1 atom stereocenters. The Bertz CT molecular complexity index is 580. The maximum atomic E-state index is 9.55. The van der Waals surface area contributed by atoms with E-state index in [1.165, 1.54) is 19.3 Å². The third-order valence-electron chi connectivity index (χ3n) is 4.12. The molecule has 5 nitrogen and oxygen atoms in total. The van der Waals surface area contributed by atoms with Gasteiger partial charge in [-0.25, -0.2) is 4.98 Å². The van der Waals surface area contributed by atoms with Gasteiger partial charge in [0, 0.05) is 11.7 Å². The van der Waals surface area contributed by atoms with Gasteiger partial charge in [0.2, 0.25) is 0 Å². The largest absolute Gasteiger partial charge is 0.399 e. The number of nitrogen functional groups attached to an aromatic ring is 1. The number of imidazole rings is 1. The molecule has 0 spiro atoms. The summed E-state index contributed by atoms with van der Waals surface area (Å²) in [5, 5.41) is 9.55. The number of nitrogens with two attached hydrogens (primary N) is 1. The van der Waals surface area contributed by atoms with Crippen molar-refractivity contribution in [2.24, 2.45) is 0 Å². The molecule has 1 aliphatic rings. The number of nitrogens with zero attached hydrogens (tertiary/aromatic N) is 2. The SMILES string of the molecule is Nc1ccc2nc(CN3CCCCCC3CO)[nH]c2c1. The van der Waals surface area contributed by atoms with Crippen LogP contribution >= 0.6 is 0 Å². The number of hydrogen-bond acceptors (Lipinski definition) is 4. The first-order valence-corrected chi connectivity index (χ1v) is 7.35. The summed E-state index contributed by atoms with van der Waals surface area (Å²) in [7, 11) is 0. The van der Waals surface area contributed by atoms with Crippen molar-refractivity contribution in [3.05, 3.63) is 24.0 Å². The number of rotatable bonds is 3. The number of aromatic amines is 1.